The standard InChI is InChI=1S/C37H53NO3/c1-22(2)30-26(39)21-37(32(41)38-24-11-9-10-23(3)20-24)19-18-35(7)25(31(30)37)12-13-28-34(6)16-15-29(40)33(4,5)27(34)14-17-36(28,35)8/h9-11,20,22,25,27-29,40H,12-19,21H2,1-8H3,(H,38,41)/t25-,27+,28-,29+,34+,35-,36-,37-/m1/s1. The number of aliphatic hydroxyl groups excluding tert-OH is 1. The molecule has 1 aromatic rings. The smallest absolute Gasteiger partial charge is 0.235 e. The van der Waals surface area contributed by atoms with Crippen LogP contribution in [0.25, 0.3) is 0 Å². The SMILES string of the molecule is Cc1cccc(NC(=O)[C@@]23CC[C@]4(C)[C@H](CC[C@@H]5[C@@]6(C)CC[C@H](O)C(C)(C)[C@@H]6CC[C@]54C)C2=C(C(C)C)C(=O)C3)c1. The van der Waals surface area contributed by atoms with Crippen LogP contribution in [0.2, 0.25) is 0 Å². The third-order valence-electron chi connectivity index (χ3n) is 14.1. The maximum Gasteiger partial charge on any atom is 0.235 e. The number of hydrogen-bond acceptors (Lipinski definition) is 3. The van der Waals surface area contributed by atoms with Gasteiger partial charge >= 0.3 is 0 Å². The van der Waals surface area contributed by atoms with Gasteiger partial charge in [0.1, 0.15) is 0 Å². The second kappa shape index (κ2) is 9.28. The molecule has 0 spiro atoms. The highest BCUT2D eigenvalue weighted by atomic mass is 16.3. The third-order valence-corrected chi connectivity index (χ3v) is 14.1. The number of aliphatic hydroxyl groups is 1. The molecule has 0 aromatic heterocycles. The summed E-state index contributed by atoms with van der Waals surface area (Å²) in [5.74, 6) is 1.72. The average Bonchev–Trinajstić information content (AvgIpc) is 3.20. The Morgan fingerprint density at radius 1 is 0.927 bits per heavy atom. The number of allylic oxidation sites excluding steroid dienone is 1. The quantitative estimate of drug-likeness (QED) is 0.392. The number of carbonyl (C=O) groups excluding carboxylic acids is 2. The van der Waals surface area contributed by atoms with E-state index >= 15 is 0 Å². The molecule has 4 nitrogen and oxygen atoms in total. The summed E-state index contributed by atoms with van der Waals surface area (Å²) in [6.45, 7) is 18.6. The Morgan fingerprint density at radius 3 is 2.34 bits per heavy atom. The van der Waals surface area contributed by atoms with E-state index < -0.39 is 5.41 Å². The maximum atomic E-state index is 14.4. The molecule has 41 heavy (non-hydrogen) atoms. The number of nitrogens with one attached hydrogen (secondary N) is 1. The van der Waals surface area contributed by atoms with Crippen molar-refractivity contribution in [2.24, 2.45) is 50.7 Å². The number of anilines is 1. The Hall–Kier alpha value is -1.94. The first-order valence-electron chi connectivity index (χ1n) is 16.5. The topological polar surface area (TPSA) is 66.4 Å². The summed E-state index contributed by atoms with van der Waals surface area (Å²) in [4.78, 5) is 28.2. The Labute approximate surface area is 248 Å². The molecule has 1 aromatic carbocycles. The van der Waals surface area contributed by atoms with Gasteiger partial charge in [-0.15, -0.1) is 0 Å². The Morgan fingerprint density at radius 2 is 1.66 bits per heavy atom. The van der Waals surface area contributed by atoms with E-state index in [1.54, 1.807) is 0 Å². The zero-order valence-corrected chi connectivity index (χ0v) is 26.8. The molecule has 2 N–H and O–H groups in total. The lowest BCUT2D eigenvalue weighted by atomic mass is 9.33. The predicted molar refractivity (Wildman–Crippen MR) is 165 cm³/mol. The van der Waals surface area contributed by atoms with Gasteiger partial charge in [0.05, 0.1) is 11.5 Å². The summed E-state index contributed by atoms with van der Waals surface area (Å²) in [6, 6.07) is 8.02. The zero-order chi connectivity index (χ0) is 29.8. The average molecular weight is 560 g/mol. The Bertz CT molecular complexity index is 1310. The monoisotopic (exact) mass is 559 g/mol. The molecule has 4 saturated carbocycles. The van der Waals surface area contributed by atoms with Crippen LogP contribution in [0.3, 0.4) is 0 Å². The van der Waals surface area contributed by atoms with Crippen LogP contribution in [-0.2, 0) is 9.59 Å². The van der Waals surface area contributed by atoms with Crippen molar-refractivity contribution in [3.63, 3.8) is 0 Å². The Balaban J connectivity index is 1.42. The lowest BCUT2D eigenvalue weighted by molar-refractivity contribution is -0.228. The van der Waals surface area contributed by atoms with Crippen molar-refractivity contribution in [2.45, 2.75) is 119 Å². The first kappa shape index (κ1) is 29.1. The Kier molecular flexibility index (Phi) is 6.60. The van der Waals surface area contributed by atoms with Gasteiger partial charge in [0.15, 0.2) is 5.78 Å². The summed E-state index contributed by atoms with van der Waals surface area (Å²) in [6.07, 6.45) is 8.37. The van der Waals surface area contributed by atoms with E-state index in [-0.39, 0.29) is 51.3 Å². The van der Waals surface area contributed by atoms with Crippen LogP contribution in [0, 0.1) is 57.7 Å². The largest absolute Gasteiger partial charge is 0.393 e. The van der Waals surface area contributed by atoms with Crippen molar-refractivity contribution in [3.8, 4) is 0 Å². The van der Waals surface area contributed by atoms with E-state index in [4.69, 9.17) is 0 Å². The van der Waals surface area contributed by atoms with Gasteiger partial charge in [-0.1, -0.05) is 60.6 Å². The van der Waals surface area contributed by atoms with Crippen molar-refractivity contribution in [1.82, 2.24) is 0 Å². The number of aryl methyl sites for hydroxylation is 1. The van der Waals surface area contributed by atoms with Gasteiger partial charge in [-0.2, -0.15) is 0 Å². The molecule has 5 aliphatic rings. The molecular weight excluding hydrogens is 506 g/mol. The van der Waals surface area contributed by atoms with Gasteiger partial charge in [0.25, 0.3) is 0 Å². The first-order valence-corrected chi connectivity index (χ1v) is 16.5. The third kappa shape index (κ3) is 3.80. The molecule has 4 heteroatoms. The number of rotatable bonds is 3. The van der Waals surface area contributed by atoms with E-state index in [1.165, 1.54) is 12.0 Å². The van der Waals surface area contributed by atoms with Gasteiger partial charge in [-0.05, 0) is 132 Å². The first-order chi connectivity index (χ1) is 19.1. The molecule has 0 unspecified atom stereocenters. The van der Waals surface area contributed by atoms with E-state index in [9.17, 15) is 14.7 Å². The molecule has 5 aliphatic carbocycles. The molecular formula is C37H53NO3. The fraction of sp³-hybridized carbons (Fsp3) is 0.730. The number of carbonyl (C=O) groups is 2. The van der Waals surface area contributed by atoms with Gasteiger partial charge < -0.3 is 10.4 Å². The van der Waals surface area contributed by atoms with Crippen molar-refractivity contribution in [2.75, 3.05) is 5.32 Å². The van der Waals surface area contributed by atoms with Crippen molar-refractivity contribution in [1.29, 1.82) is 0 Å². The van der Waals surface area contributed by atoms with E-state index in [2.05, 4.69) is 53.8 Å². The summed E-state index contributed by atoms with van der Waals surface area (Å²) in [5, 5.41) is 14.3. The maximum absolute atomic E-state index is 14.4. The fourth-order valence-corrected chi connectivity index (χ4v) is 11.9. The molecule has 8 atom stereocenters. The minimum atomic E-state index is -0.730. The molecule has 0 bridgehead atoms. The summed E-state index contributed by atoms with van der Waals surface area (Å²) in [7, 11) is 0. The number of benzene rings is 1. The molecule has 0 aliphatic heterocycles. The number of Topliss-reactive ketones (excluding diaryl/α,β-unsaturated/α-hetero) is 1. The predicted octanol–water partition coefficient (Wildman–Crippen LogP) is 8.28. The van der Waals surface area contributed by atoms with Gasteiger partial charge in [-0.3, -0.25) is 9.59 Å². The fourth-order valence-electron chi connectivity index (χ4n) is 11.9. The molecule has 0 saturated heterocycles. The second-order valence-corrected chi connectivity index (χ2v) is 16.5. The van der Waals surface area contributed by atoms with E-state index in [1.807, 2.05) is 31.2 Å². The number of hydrogen-bond donors (Lipinski definition) is 2. The molecule has 0 radical (unpaired) electrons. The second-order valence-electron chi connectivity index (χ2n) is 16.5. The molecule has 4 fully saturated rings. The number of ketones is 1. The highest BCUT2D eigenvalue weighted by Crippen LogP contribution is 2.76. The van der Waals surface area contributed by atoms with Crippen LogP contribution in [0.4, 0.5) is 5.69 Å². The van der Waals surface area contributed by atoms with Crippen molar-refractivity contribution >= 4 is 17.4 Å². The number of amides is 1. The highest BCUT2D eigenvalue weighted by molar-refractivity contribution is 6.10. The molecule has 0 heterocycles. The van der Waals surface area contributed by atoms with E-state index in [0.29, 0.717) is 18.3 Å². The highest BCUT2D eigenvalue weighted by Gasteiger charge is 2.70. The van der Waals surface area contributed by atoms with Crippen LogP contribution in [0.1, 0.15) is 112 Å². The summed E-state index contributed by atoms with van der Waals surface area (Å²) in [5.41, 5.74) is 3.71. The molecule has 224 valence electrons. The van der Waals surface area contributed by atoms with Crippen molar-refractivity contribution < 1.29 is 14.7 Å². The number of fused-ring (bicyclic) bond motifs is 7. The van der Waals surface area contributed by atoms with Crippen LogP contribution in [0.15, 0.2) is 35.4 Å². The summed E-state index contributed by atoms with van der Waals surface area (Å²) >= 11 is 0. The molecule has 1 amide bonds. The zero-order valence-electron chi connectivity index (χ0n) is 26.8. The van der Waals surface area contributed by atoms with Gasteiger partial charge in [-0.25, -0.2) is 0 Å². The normalized spacial score (nSPS) is 43.2. The summed E-state index contributed by atoms with van der Waals surface area (Å²) < 4.78 is 0. The van der Waals surface area contributed by atoms with Crippen LogP contribution >= 0.6 is 0 Å². The van der Waals surface area contributed by atoms with Crippen LogP contribution in [0.5, 0.6) is 0 Å². The lowest BCUT2D eigenvalue weighted by Crippen LogP contribution is -2.66. The van der Waals surface area contributed by atoms with E-state index in [0.717, 1.165) is 61.8 Å². The van der Waals surface area contributed by atoms with Crippen molar-refractivity contribution in [3.05, 3.63) is 41.0 Å². The minimum Gasteiger partial charge on any atom is -0.393 e. The lowest BCUT2D eigenvalue weighted by Gasteiger charge is -2.72. The van der Waals surface area contributed by atoms with Crippen LogP contribution < -0.4 is 5.32 Å². The van der Waals surface area contributed by atoms with Gasteiger partial charge in [0.2, 0.25) is 5.91 Å². The molecule has 6 rings (SSSR count). The van der Waals surface area contributed by atoms with Gasteiger partial charge in [0, 0.05) is 12.1 Å². The van der Waals surface area contributed by atoms with Crippen LogP contribution in [-0.4, -0.2) is 22.9 Å². The minimum absolute atomic E-state index is 0.0233.